The molecular weight excluding hydrogens is 262 g/mol. The third-order valence-electron chi connectivity index (χ3n) is 4.30. The van der Waals surface area contributed by atoms with Crippen LogP contribution in [0, 0.1) is 17.2 Å². The van der Waals surface area contributed by atoms with Crippen molar-refractivity contribution in [3.8, 4) is 6.07 Å². The maximum Gasteiger partial charge on any atom is 0.103 e. The second kappa shape index (κ2) is 10.2. The number of hydrogen-bond acceptors (Lipinski definition) is 4. The van der Waals surface area contributed by atoms with Gasteiger partial charge in [0, 0.05) is 13.2 Å². The lowest BCUT2D eigenvalue weighted by Crippen LogP contribution is -2.41. The first-order valence-electron chi connectivity index (χ1n) is 8.52. The van der Waals surface area contributed by atoms with Gasteiger partial charge in [0.25, 0.3) is 0 Å². The van der Waals surface area contributed by atoms with Crippen LogP contribution in [-0.2, 0) is 4.74 Å². The predicted octanol–water partition coefficient (Wildman–Crippen LogP) is 2.80. The maximum atomic E-state index is 9.30. The van der Waals surface area contributed by atoms with E-state index in [1.807, 2.05) is 6.92 Å². The number of ether oxygens (including phenoxy) is 1. The lowest BCUT2D eigenvalue weighted by molar-refractivity contribution is 0.0418. The number of unbranched alkanes of at least 4 members (excludes halogenated alkanes) is 1. The molecule has 0 spiro atoms. The van der Waals surface area contributed by atoms with Gasteiger partial charge >= 0.3 is 0 Å². The van der Waals surface area contributed by atoms with Crippen LogP contribution in [0.1, 0.15) is 52.4 Å². The maximum absolute atomic E-state index is 9.30. The van der Waals surface area contributed by atoms with Crippen molar-refractivity contribution in [1.82, 2.24) is 10.2 Å². The van der Waals surface area contributed by atoms with E-state index in [0.717, 1.165) is 58.5 Å². The van der Waals surface area contributed by atoms with Gasteiger partial charge in [-0.2, -0.15) is 5.26 Å². The molecule has 122 valence electrons. The summed E-state index contributed by atoms with van der Waals surface area (Å²) in [5.74, 6) is 0.708. The molecule has 21 heavy (non-hydrogen) atoms. The Kier molecular flexibility index (Phi) is 8.91. The zero-order valence-corrected chi connectivity index (χ0v) is 14.2. The first-order chi connectivity index (χ1) is 10.1. The number of nitriles is 1. The topological polar surface area (TPSA) is 48.3 Å². The van der Waals surface area contributed by atoms with E-state index < -0.39 is 0 Å². The van der Waals surface area contributed by atoms with Crippen molar-refractivity contribution >= 4 is 0 Å². The van der Waals surface area contributed by atoms with Crippen molar-refractivity contribution in [3.63, 3.8) is 0 Å². The summed E-state index contributed by atoms with van der Waals surface area (Å²) < 4.78 is 5.53. The second-order valence-electron chi connectivity index (χ2n) is 6.67. The highest BCUT2D eigenvalue weighted by Gasteiger charge is 2.22. The summed E-state index contributed by atoms with van der Waals surface area (Å²) in [6, 6.07) is 2.43. The van der Waals surface area contributed by atoms with Gasteiger partial charge in [-0.3, -0.25) is 5.32 Å². The first kappa shape index (κ1) is 18.4. The van der Waals surface area contributed by atoms with Gasteiger partial charge in [-0.15, -0.1) is 0 Å². The van der Waals surface area contributed by atoms with E-state index >= 15 is 0 Å². The molecule has 1 aliphatic rings. The molecule has 0 aliphatic carbocycles. The SMILES string of the molecule is CCCNC(C)(C#N)CCCCN(C)CC1CCCOC1. The third-order valence-corrected chi connectivity index (χ3v) is 4.30. The van der Waals surface area contributed by atoms with Gasteiger partial charge in [-0.25, -0.2) is 0 Å². The Hall–Kier alpha value is -0.630. The minimum absolute atomic E-state index is 0.355. The molecule has 1 saturated heterocycles. The Morgan fingerprint density at radius 1 is 1.43 bits per heavy atom. The fourth-order valence-electron chi connectivity index (χ4n) is 2.93. The summed E-state index contributed by atoms with van der Waals surface area (Å²) in [5.41, 5.74) is -0.355. The van der Waals surface area contributed by atoms with Gasteiger partial charge in [0.15, 0.2) is 0 Å². The van der Waals surface area contributed by atoms with Crippen LogP contribution in [0.4, 0.5) is 0 Å². The van der Waals surface area contributed by atoms with Crippen LogP contribution < -0.4 is 5.32 Å². The van der Waals surface area contributed by atoms with Crippen LogP contribution >= 0.6 is 0 Å². The van der Waals surface area contributed by atoms with E-state index in [1.54, 1.807) is 0 Å². The highest BCUT2D eigenvalue weighted by Crippen LogP contribution is 2.16. The standard InChI is InChI=1S/C17H33N3O/c1-4-10-19-17(2,15-18)9-5-6-11-20(3)13-16-8-7-12-21-14-16/h16,19H,4-14H2,1-3H3. The molecule has 1 heterocycles. The summed E-state index contributed by atoms with van der Waals surface area (Å²) in [4.78, 5) is 2.42. The Bertz CT molecular complexity index is 310. The molecule has 0 aromatic carbocycles. The summed E-state index contributed by atoms with van der Waals surface area (Å²) in [6.07, 6.45) is 6.79. The molecule has 1 N–H and O–H groups in total. The minimum atomic E-state index is -0.355. The Morgan fingerprint density at radius 3 is 2.86 bits per heavy atom. The normalized spacial score (nSPS) is 22.0. The minimum Gasteiger partial charge on any atom is -0.381 e. The highest BCUT2D eigenvalue weighted by atomic mass is 16.5. The fraction of sp³-hybridized carbons (Fsp3) is 0.941. The summed E-state index contributed by atoms with van der Waals surface area (Å²) in [5, 5.41) is 12.7. The largest absolute Gasteiger partial charge is 0.381 e. The van der Waals surface area contributed by atoms with Gasteiger partial charge in [-0.05, 0) is 71.5 Å². The van der Waals surface area contributed by atoms with Crippen LogP contribution in [0.3, 0.4) is 0 Å². The van der Waals surface area contributed by atoms with Crippen molar-refractivity contribution in [2.75, 3.05) is 39.9 Å². The van der Waals surface area contributed by atoms with Gasteiger partial charge < -0.3 is 9.64 Å². The van der Waals surface area contributed by atoms with E-state index in [9.17, 15) is 5.26 Å². The zero-order valence-electron chi connectivity index (χ0n) is 14.2. The number of rotatable bonds is 10. The molecule has 1 rings (SSSR count). The average molecular weight is 295 g/mol. The van der Waals surface area contributed by atoms with Gasteiger partial charge in [0.1, 0.15) is 5.54 Å². The molecule has 4 nitrogen and oxygen atoms in total. The van der Waals surface area contributed by atoms with Crippen molar-refractivity contribution in [2.24, 2.45) is 5.92 Å². The lowest BCUT2D eigenvalue weighted by atomic mass is 9.96. The van der Waals surface area contributed by atoms with E-state index in [0.29, 0.717) is 5.92 Å². The van der Waals surface area contributed by atoms with Crippen LogP contribution in [-0.4, -0.2) is 50.3 Å². The molecule has 0 saturated carbocycles. The van der Waals surface area contributed by atoms with E-state index in [4.69, 9.17) is 4.74 Å². The molecular formula is C17H33N3O. The molecule has 1 aliphatic heterocycles. The Labute approximate surface area is 130 Å². The van der Waals surface area contributed by atoms with E-state index in [-0.39, 0.29) is 5.54 Å². The Balaban J connectivity index is 2.12. The van der Waals surface area contributed by atoms with Gasteiger partial charge in [0.05, 0.1) is 12.7 Å². The quantitative estimate of drug-likeness (QED) is 0.630. The first-order valence-corrected chi connectivity index (χ1v) is 8.52. The second-order valence-corrected chi connectivity index (χ2v) is 6.67. The summed E-state index contributed by atoms with van der Waals surface area (Å²) >= 11 is 0. The lowest BCUT2D eigenvalue weighted by Gasteiger charge is -2.27. The highest BCUT2D eigenvalue weighted by molar-refractivity contribution is 5.03. The molecule has 4 heteroatoms. The molecule has 2 atom stereocenters. The van der Waals surface area contributed by atoms with Crippen molar-refractivity contribution < 1.29 is 4.74 Å². The zero-order chi connectivity index (χ0) is 15.6. The van der Waals surface area contributed by atoms with Crippen LogP contribution in [0.15, 0.2) is 0 Å². The number of nitrogens with one attached hydrogen (secondary N) is 1. The monoisotopic (exact) mass is 295 g/mol. The number of hydrogen-bond donors (Lipinski definition) is 1. The van der Waals surface area contributed by atoms with Gasteiger partial charge in [0.2, 0.25) is 0 Å². The van der Waals surface area contributed by atoms with Crippen molar-refractivity contribution in [1.29, 1.82) is 5.26 Å². The molecule has 2 unspecified atom stereocenters. The van der Waals surface area contributed by atoms with Crippen molar-refractivity contribution in [3.05, 3.63) is 0 Å². The summed E-state index contributed by atoms with van der Waals surface area (Å²) in [6.45, 7) is 9.21. The Morgan fingerprint density at radius 2 is 2.24 bits per heavy atom. The fourth-order valence-corrected chi connectivity index (χ4v) is 2.93. The molecule has 0 amide bonds. The number of nitrogens with zero attached hydrogens (tertiary/aromatic N) is 2. The van der Waals surface area contributed by atoms with Gasteiger partial charge in [-0.1, -0.05) is 6.92 Å². The smallest absolute Gasteiger partial charge is 0.103 e. The van der Waals surface area contributed by atoms with Crippen LogP contribution in [0.25, 0.3) is 0 Å². The van der Waals surface area contributed by atoms with E-state index in [1.165, 1.54) is 12.8 Å². The molecule has 0 bridgehead atoms. The summed E-state index contributed by atoms with van der Waals surface area (Å²) in [7, 11) is 2.20. The molecule has 1 fully saturated rings. The third kappa shape index (κ3) is 7.80. The van der Waals surface area contributed by atoms with E-state index in [2.05, 4.69) is 30.3 Å². The van der Waals surface area contributed by atoms with Crippen LogP contribution in [0.5, 0.6) is 0 Å². The molecule has 0 aromatic heterocycles. The average Bonchev–Trinajstić information content (AvgIpc) is 2.50. The molecule has 0 aromatic rings. The van der Waals surface area contributed by atoms with Crippen molar-refractivity contribution in [2.45, 2.75) is 57.9 Å². The van der Waals surface area contributed by atoms with Crippen LogP contribution in [0.2, 0.25) is 0 Å². The molecule has 0 radical (unpaired) electrons. The predicted molar refractivity (Wildman–Crippen MR) is 87.2 cm³/mol.